The van der Waals surface area contributed by atoms with Crippen LogP contribution in [0.25, 0.3) is 0 Å². The average Bonchev–Trinajstić information content (AvgIpc) is 2.00. The summed E-state index contributed by atoms with van der Waals surface area (Å²) < 4.78 is 0. The van der Waals surface area contributed by atoms with Crippen molar-refractivity contribution in [2.75, 3.05) is 0 Å². The second-order valence-electron chi connectivity index (χ2n) is 4.43. The van der Waals surface area contributed by atoms with Gasteiger partial charge in [0.15, 0.2) is 0 Å². The first-order valence-corrected chi connectivity index (χ1v) is 4.67. The molecule has 0 radical (unpaired) electrons. The largest absolute Gasteiger partial charge is 0.298 e. The van der Waals surface area contributed by atoms with E-state index in [9.17, 15) is 4.79 Å². The van der Waals surface area contributed by atoms with Gasteiger partial charge in [-0.1, -0.05) is 19.9 Å². The Hall–Kier alpha value is -0.590. The van der Waals surface area contributed by atoms with Gasteiger partial charge in [-0.05, 0) is 25.7 Å². The van der Waals surface area contributed by atoms with E-state index in [1.165, 1.54) is 0 Å². The molecule has 0 spiro atoms. The quantitative estimate of drug-likeness (QED) is 0.547. The van der Waals surface area contributed by atoms with Gasteiger partial charge in [0.25, 0.3) is 0 Å². The molecule has 0 bridgehead atoms. The third kappa shape index (κ3) is 1.45. The zero-order chi connectivity index (χ0) is 9.35. The van der Waals surface area contributed by atoms with Gasteiger partial charge >= 0.3 is 0 Å². The number of Topliss-reactive ketones (excluding diaryl/α,β-unsaturated/α-hetero) is 1. The molecule has 0 aromatic carbocycles. The highest BCUT2D eigenvalue weighted by Gasteiger charge is 2.39. The van der Waals surface area contributed by atoms with E-state index in [1.54, 1.807) is 0 Å². The molecule has 3 atom stereocenters. The predicted octanol–water partition coefficient (Wildman–Crippen LogP) is 2.81. The van der Waals surface area contributed by atoms with Crippen molar-refractivity contribution in [3.8, 4) is 0 Å². The molecule has 0 heterocycles. The van der Waals surface area contributed by atoms with Crippen molar-refractivity contribution >= 4 is 5.78 Å². The number of carbonyl (C=O) groups is 1. The fourth-order valence-corrected chi connectivity index (χ4v) is 2.37. The van der Waals surface area contributed by atoms with E-state index in [2.05, 4.69) is 13.5 Å². The molecule has 1 aliphatic rings. The Kier molecular flexibility index (Phi) is 2.41. The summed E-state index contributed by atoms with van der Waals surface area (Å²) in [5.41, 5.74) is -0.253. The highest BCUT2D eigenvalue weighted by atomic mass is 16.1. The zero-order valence-corrected chi connectivity index (χ0v) is 8.26. The van der Waals surface area contributed by atoms with Crippen molar-refractivity contribution in [1.82, 2.24) is 0 Å². The van der Waals surface area contributed by atoms with Crippen LogP contribution in [-0.2, 0) is 4.79 Å². The molecule has 0 N–H and O–H groups in total. The molecule has 1 heteroatoms. The Balaban J connectivity index is 2.86. The van der Waals surface area contributed by atoms with E-state index >= 15 is 0 Å². The maximum Gasteiger partial charge on any atom is 0.145 e. The lowest BCUT2D eigenvalue weighted by molar-refractivity contribution is -0.133. The summed E-state index contributed by atoms with van der Waals surface area (Å²) in [6.07, 6.45) is 3.84. The smallest absolute Gasteiger partial charge is 0.145 e. The Bertz CT molecular complexity index is 207. The molecule has 0 amide bonds. The molecule has 0 aliphatic heterocycles. The van der Waals surface area contributed by atoms with E-state index in [-0.39, 0.29) is 11.3 Å². The molecule has 12 heavy (non-hydrogen) atoms. The van der Waals surface area contributed by atoms with Crippen LogP contribution in [0.3, 0.4) is 0 Å². The Labute approximate surface area is 74.9 Å². The number of rotatable bonds is 1. The van der Waals surface area contributed by atoms with Crippen molar-refractivity contribution in [3.63, 3.8) is 0 Å². The lowest BCUT2D eigenvalue weighted by Gasteiger charge is -2.36. The first-order chi connectivity index (χ1) is 5.49. The first-order valence-electron chi connectivity index (χ1n) is 4.67. The molecule has 68 valence electrons. The van der Waals surface area contributed by atoms with E-state index in [0.717, 1.165) is 12.8 Å². The molecular formula is C11H18O. The molecule has 0 aromatic heterocycles. The third-order valence-electron chi connectivity index (χ3n) is 2.99. The van der Waals surface area contributed by atoms with Crippen LogP contribution in [0.2, 0.25) is 0 Å². The molecule has 1 nitrogen and oxygen atoms in total. The van der Waals surface area contributed by atoms with Crippen LogP contribution in [0, 0.1) is 17.3 Å². The van der Waals surface area contributed by atoms with Gasteiger partial charge in [0.2, 0.25) is 0 Å². The van der Waals surface area contributed by atoms with Crippen molar-refractivity contribution in [2.45, 2.75) is 33.6 Å². The highest BCUT2D eigenvalue weighted by molar-refractivity contribution is 5.88. The van der Waals surface area contributed by atoms with Crippen molar-refractivity contribution in [1.29, 1.82) is 0 Å². The summed E-state index contributed by atoms with van der Waals surface area (Å²) in [5.74, 6) is 1.24. The summed E-state index contributed by atoms with van der Waals surface area (Å²) in [4.78, 5) is 11.8. The average molecular weight is 166 g/mol. The van der Waals surface area contributed by atoms with Gasteiger partial charge in [-0.2, -0.15) is 0 Å². The Morgan fingerprint density at radius 3 is 2.67 bits per heavy atom. The van der Waals surface area contributed by atoms with Gasteiger partial charge < -0.3 is 0 Å². The standard InChI is InChI=1S/C11H18O/c1-5-11(4)7-8(2)6-9(3)10(11)12/h5,8-9H,1,6-7H2,2-4H3/t8-,9+,11+/m0/s1. The van der Waals surface area contributed by atoms with E-state index < -0.39 is 0 Å². The molecule has 1 fully saturated rings. The summed E-state index contributed by atoms with van der Waals surface area (Å²) in [6.45, 7) is 10.0. The highest BCUT2D eigenvalue weighted by Crippen LogP contribution is 2.39. The number of allylic oxidation sites excluding steroid dienone is 1. The SMILES string of the molecule is C=C[C@]1(C)C[C@@H](C)C[C@@H](C)C1=O. The number of ketones is 1. The zero-order valence-electron chi connectivity index (χ0n) is 8.26. The molecule has 0 unspecified atom stereocenters. The number of hydrogen-bond acceptors (Lipinski definition) is 1. The minimum Gasteiger partial charge on any atom is -0.298 e. The molecule has 1 aliphatic carbocycles. The number of carbonyl (C=O) groups excluding carboxylic acids is 1. The normalized spacial score (nSPS) is 42.8. The molecule has 1 rings (SSSR count). The fraction of sp³-hybridized carbons (Fsp3) is 0.727. The van der Waals surface area contributed by atoms with Gasteiger partial charge in [-0.3, -0.25) is 4.79 Å². The van der Waals surface area contributed by atoms with E-state index in [0.29, 0.717) is 11.7 Å². The summed E-state index contributed by atoms with van der Waals surface area (Å²) in [7, 11) is 0. The third-order valence-corrected chi connectivity index (χ3v) is 2.99. The van der Waals surface area contributed by atoms with Gasteiger partial charge in [0.1, 0.15) is 5.78 Å². The molecular weight excluding hydrogens is 148 g/mol. The van der Waals surface area contributed by atoms with Crippen molar-refractivity contribution in [2.24, 2.45) is 17.3 Å². The predicted molar refractivity (Wildman–Crippen MR) is 50.9 cm³/mol. The van der Waals surface area contributed by atoms with Crippen LogP contribution in [0.15, 0.2) is 12.7 Å². The second kappa shape index (κ2) is 3.04. The summed E-state index contributed by atoms with van der Waals surface area (Å²) in [5, 5.41) is 0. The molecule has 0 saturated heterocycles. The molecule has 0 aromatic rings. The monoisotopic (exact) mass is 166 g/mol. The van der Waals surface area contributed by atoms with Crippen molar-refractivity contribution < 1.29 is 4.79 Å². The van der Waals surface area contributed by atoms with Crippen LogP contribution in [-0.4, -0.2) is 5.78 Å². The topological polar surface area (TPSA) is 17.1 Å². The summed E-state index contributed by atoms with van der Waals surface area (Å²) >= 11 is 0. The Morgan fingerprint density at radius 2 is 2.17 bits per heavy atom. The Morgan fingerprint density at radius 1 is 1.58 bits per heavy atom. The minimum absolute atomic E-state index is 0.219. The van der Waals surface area contributed by atoms with Crippen molar-refractivity contribution in [3.05, 3.63) is 12.7 Å². The first kappa shape index (κ1) is 9.50. The number of hydrogen-bond donors (Lipinski definition) is 0. The van der Waals surface area contributed by atoms with Crippen LogP contribution < -0.4 is 0 Å². The van der Waals surface area contributed by atoms with Gasteiger partial charge in [-0.15, -0.1) is 6.58 Å². The molecule has 1 saturated carbocycles. The van der Waals surface area contributed by atoms with E-state index in [4.69, 9.17) is 0 Å². The maximum atomic E-state index is 11.8. The van der Waals surface area contributed by atoms with Crippen LogP contribution >= 0.6 is 0 Å². The van der Waals surface area contributed by atoms with Gasteiger partial charge in [0, 0.05) is 11.3 Å². The van der Waals surface area contributed by atoms with Gasteiger partial charge in [-0.25, -0.2) is 0 Å². The second-order valence-corrected chi connectivity index (χ2v) is 4.43. The fourth-order valence-electron chi connectivity index (χ4n) is 2.37. The lowest BCUT2D eigenvalue weighted by Crippen LogP contribution is -2.37. The van der Waals surface area contributed by atoms with E-state index in [1.807, 2.05) is 19.9 Å². The minimum atomic E-state index is -0.253. The van der Waals surface area contributed by atoms with Crippen LogP contribution in [0.5, 0.6) is 0 Å². The summed E-state index contributed by atoms with van der Waals surface area (Å²) in [6, 6.07) is 0. The van der Waals surface area contributed by atoms with Gasteiger partial charge in [0.05, 0.1) is 0 Å². The lowest BCUT2D eigenvalue weighted by atomic mass is 9.66. The maximum absolute atomic E-state index is 11.8. The van der Waals surface area contributed by atoms with Crippen LogP contribution in [0.1, 0.15) is 33.6 Å². The van der Waals surface area contributed by atoms with Crippen LogP contribution in [0.4, 0.5) is 0 Å².